The predicted octanol–water partition coefficient (Wildman–Crippen LogP) is 5.09. The molecular weight excluding hydrogens is 692 g/mol. The summed E-state index contributed by atoms with van der Waals surface area (Å²) in [6.07, 6.45) is 7.32. The second kappa shape index (κ2) is 14.3. The Hall–Kier alpha value is -4.21. The van der Waals surface area contributed by atoms with E-state index in [-0.39, 0.29) is 20.1 Å². The van der Waals surface area contributed by atoms with Crippen molar-refractivity contribution in [1.29, 1.82) is 0 Å². The van der Waals surface area contributed by atoms with Crippen LogP contribution in [0.2, 0.25) is 0 Å². The van der Waals surface area contributed by atoms with E-state index in [1.54, 1.807) is 36.8 Å². The van der Waals surface area contributed by atoms with Crippen molar-refractivity contribution < 1.29 is 29.3 Å². The molecule has 0 saturated carbocycles. The van der Waals surface area contributed by atoms with E-state index in [0.29, 0.717) is 15.9 Å². The van der Waals surface area contributed by atoms with Crippen molar-refractivity contribution in [3.8, 4) is 0 Å². The van der Waals surface area contributed by atoms with Crippen molar-refractivity contribution in [3.63, 3.8) is 0 Å². The fourth-order valence-electron chi connectivity index (χ4n) is 3.88. The van der Waals surface area contributed by atoms with Crippen molar-refractivity contribution in [2.24, 2.45) is 0 Å². The summed E-state index contributed by atoms with van der Waals surface area (Å²) < 4.78 is 15.8. The number of benzene rings is 3. The van der Waals surface area contributed by atoms with Gasteiger partial charge in [0.25, 0.3) is 5.82 Å². The van der Waals surface area contributed by atoms with E-state index in [0.717, 1.165) is 5.82 Å². The van der Waals surface area contributed by atoms with Crippen LogP contribution in [-0.4, -0.2) is 9.97 Å². The van der Waals surface area contributed by atoms with E-state index >= 15 is 0 Å². The molecule has 7 heteroatoms. The quantitative estimate of drug-likeness (QED) is 0.110. The van der Waals surface area contributed by atoms with Gasteiger partial charge in [-0.3, -0.25) is 4.98 Å². The molecule has 196 valence electrons. The summed E-state index contributed by atoms with van der Waals surface area (Å²) in [6, 6.07) is 49.2. The number of rotatable bonds is 4. The van der Waals surface area contributed by atoms with Crippen LogP contribution in [0.1, 0.15) is 0 Å². The van der Waals surface area contributed by atoms with E-state index in [4.69, 9.17) is 0 Å². The third-order valence-electron chi connectivity index (χ3n) is 5.74. The van der Waals surface area contributed by atoms with Gasteiger partial charge in [0.05, 0.1) is 0 Å². The molecule has 5 nitrogen and oxygen atoms in total. The van der Waals surface area contributed by atoms with Crippen LogP contribution in [0.25, 0.3) is 0 Å². The zero-order valence-electron chi connectivity index (χ0n) is 21.4. The van der Waals surface area contributed by atoms with E-state index < -0.39 is 7.14 Å². The van der Waals surface area contributed by atoms with Gasteiger partial charge in [-0.25, -0.2) is 4.98 Å². The van der Waals surface area contributed by atoms with Crippen molar-refractivity contribution in [2.75, 3.05) is 5.01 Å². The smallest absolute Gasteiger partial charge is 0.315 e. The minimum absolute atomic E-state index is 0. The van der Waals surface area contributed by atoms with Crippen molar-refractivity contribution in [2.45, 2.75) is 0 Å². The van der Waals surface area contributed by atoms with Crippen molar-refractivity contribution in [3.05, 3.63) is 170 Å². The summed E-state index contributed by atoms with van der Waals surface area (Å²) in [5, 5.41) is 4.11. The van der Waals surface area contributed by atoms with Crippen LogP contribution >= 0.6 is 7.14 Å². The SMILES string of the molecule is O=P(c1[c-]cccc1)(c1[c-]cccc1)c1[c-]cccc1.[Ir+3].c1ccc(N2c3cccc[n+]32)nc1.c1ccncc1. The standard InChI is InChI=1S/C18H12OP.C10H8N3.C5H5N.Ir/c19-20(16-10-4-1-5-11-16,17-12-6-2-7-13-17)18-14-8-3-9-15-18;1-3-7-11-9(5-1)13-10-6-2-4-8-12(10)13;1-2-4-6-5-3-1;/h1-10,12,14H;1-8H;1-5H;/q-3;+1;;+3. The van der Waals surface area contributed by atoms with Crippen LogP contribution in [0.3, 0.4) is 0 Å². The van der Waals surface area contributed by atoms with Crippen LogP contribution in [0, 0.1) is 18.2 Å². The second-order valence-electron chi connectivity index (χ2n) is 8.28. The molecule has 7 rings (SSSR count). The van der Waals surface area contributed by atoms with Crippen LogP contribution < -0.4 is 25.6 Å². The Bertz CT molecular complexity index is 1470. The Morgan fingerprint density at radius 1 is 0.600 bits per heavy atom. The molecule has 0 amide bonds. The first-order valence-electron chi connectivity index (χ1n) is 12.4. The average molecular weight is 717 g/mol. The minimum Gasteiger partial charge on any atom is -0.315 e. The number of hydrogen-bond donors (Lipinski definition) is 0. The van der Waals surface area contributed by atoms with Crippen LogP contribution in [0.15, 0.2) is 152 Å². The minimum atomic E-state index is -2.94. The normalized spacial score (nSPS) is 10.8. The zero-order valence-corrected chi connectivity index (χ0v) is 24.7. The Kier molecular flexibility index (Phi) is 10.3. The van der Waals surface area contributed by atoms with Gasteiger partial charge >= 0.3 is 25.9 Å². The third kappa shape index (κ3) is 6.86. The van der Waals surface area contributed by atoms with Gasteiger partial charge in [0.15, 0.2) is 0 Å². The number of aromatic nitrogens is 3. The van der Waals surface area contributed by atoms with E-state index in [1.165, 1.54) is 5.82 Å². The number of nitrogens with zero attached hydrogens (tertiary/aromatic N) is 4. The molecule has 1 aliphatic heterocycles. The molecule has 3 aromatic carbocycles. The molecule has 3 aromatic heterocycles. The van der Waals surface area contributed by atoms with Gasteiger partial charge in [0, 0.05) is 30.7 Å². The van der Waals surface area contributed by atoms with Gasteiger partial charge in [0.1, 0.15) is 13.3 Å². The van der Waals surface area contributed by atoms with E-state index in [2.05, 4.69) is 43.9 Å². The molecule has 6 aromatic rings. The van der Waals surface area contributed by atoms with Crippen LogP contribution in [0.4, 0.5) is 11.6 Å². The summed E-state index contributed by atoms with van der Waals surface area (Å²) in [6.45, 7) is 0. The summed E-state index contributed by atoms with van der Waals surface area (Å²) in [4.78, 5) is 8.05. The molecule has 0 unspecified atom stereocenters. The molecule has 0 atom stereocenters. The van der Waals surface area contributed by atoms with Gasteiger partial charge in [-0.2, -0.15) is 91.0 Å². The number of fused-ring (bicyclic) bond motifs is 1. The zero-order chi connectivity index (χ0) is 26.8. The van der Waals surface area contributed by atoms with Gasteiger partial charge in [-0.15, -0.1) is 0 Å². The van der Waals surface area contributed by atoms with Crippen molar-refractivity contribution in [1.82, 2.24) is 9.97 Å². The van der Waals surface area contributed by atoms with Crippen molar-refractivity contribution >= 4 is 34.7 Å². The monoisotopic (exact) mass is 717 g/mol. The first-order chi connectivity index (χ1) is 19.3. The second-order valence-corrected chi connectivity index (χ2v) is 10.9. The molecule has 0 radical (unpaired) electrons. The Morgan fingerprint density at radius 3 is 1.50 bits per heavy atom. The summed E-state index contributed by atoms with van der Waals surface area (Å²) in [5.74, 6) is 2.15. The maximum absolute atomic E-state index is 13.7. The molecule has 1 aliphatic rings. The molecule has 0 saturated heterocycles. The number of anilines is 2. The average Bonchev–Trinajstić information content (AvgIpc) is 3.78. The molecule has 0 N–H and O–H groups in total. The molecule has 0 bridgehead atoms. The Balaban J connectivity index is 0.000000158. The van der Waals surface area contributed by atoms with Crippen LogP contribution in [0.5, 0.6) is 0 Å². The maximum Gasteiger partial charge on any atom is 3.00 e. The number of hydrogen-bond acceptors (Lipinski definition) is 4. The first kappa shape index (κ1) is 28.8. The first-order valence-corrected chi connectivity index (χ1v) is 14.1. The van der Waals surface area contributed by atoms with Gasteiger partial charge in [-0.1, -0.05) is 34.1 Å². The van der Waals surface area contributed by atoms with Gasteiger partial charge < -0.3 is 4.57 Å². The maximum atomic E-state index is 13.7. The predicted molar refractivity (Wildman–Crippen MR) is 155 cm³/mol. The molecule has 0 spiro atoms. The third-order valence-corrected chi connectivity index (χ3v) is 8.61. The molecule has 4 heterocycles. The van der Waals surface area contributed by atoms with E-state index in [1.807, 2.05) is 109 Å². The summed E-state index contributed by atoms with van der Waals surface area (Å²) >= 11 is 0. The number of pyridine rings is 3. The Morgan fingerprint density at radius 2 is 1.12 bits per heavy atom. The fourth-order valence-corrected chi connectivity index (χ4v) is 6.31. The molecule has 0 fully saturated rings. The molecule has 0 aliphatic carbocycles. The largest absolute Gasteiger partial charge is 3.00 e. The summed E-state index contributed by atoms with van der Waals surface area (Å²) in [5.41, 5.74) is 0. The van der Waals surface area contributed by atoms with Gasteiger partial charge in [-0.05, 0) is 34.0 Å². The van der Waals surface area contributed by atoms with E-state index in [9.17, 15) is 4.57 Å². The molecular formula is C33H25IrN4OP+. The topological polar surface area (TPSA) is 49.7 Å². The molecule has 40 heavy (non-hydrogen) atoms. The Labute approximate surface area is 248 Å². The fraction of sp³-hybridized carbons (Fsp3) is 0. The van der Waals surface area contributed by atoms with Crippen LogP contribution in [-0.2, 0) is 24.7 Å². The summed E-state index contributed by atoms with van der Waals surface area (Å²) in [7, 11) is -2.94. The van der Waals surface area contributed by atoms with Gasteiger partial charge in [0.2, 0.25) is 0 Å².